The first-order valence-electron chi connectivity index (χ1n) is 33.8. The minimum atomic E-state index is -2.05. The van der Waals surface area contributed by atoms with Crippen molar-refractivity contribution in [3.05, 3.63) is 104 Å². The van der Waals surface area contributed by atoms with E-state index in [-0.39, 0.29) is 123 Å². The minimum Gasteiger partial charge on any atom is -0.468 e. The van der Waals surface area contributed by atoms with Crippen LogP contribution in [0.25, 0.3) is 33.5 Å². The molecule has 0 aliphatic carbocycles. The Bertz CT molecular complexity index is 4560. The summed E-state index contributed by atoms with van der Waals surface area (Å²) in [6.45, 7) is 33.4. The van der Waals surface area contributed by atoms with Crippen molar-refractivity contribution in [2.75, 3.05) is 22.6 Å². The molecule has 2 unspecified atom stereocenters. The number of carbonyl (C=O) groups is 3. The van der Waals surface area contributed by atoms with Gasteiger partial charge in [-0.1, -0.05) is 55.4 Å². The number of anilines is 3. The Labute approximate surface area is 628 Å². The fourth-order valence-corrected chi connectivity index (χ4v) is 15.2. The molecule has 0 radical (unpaired) electrons. The van der Waals surface area contributed by atoms with Gasteiger partial charge in [0.05, 0.1) is 77.1 Å². The Morgan fingerprint density at radius 3 is 1.36 bits per heavy atom. The maximum Gasteiger partial charge on any atom is 0.280 e. The fourth-order valence-electron chi connectivity index (χ4n) is 11.5. The predicted molar refractivity (Wildman–Crippen MR) is 405 cm³/mol. The molecule has 0 saturated carbocycles. The summed E-state index contributed by atoms with van der Waals surface area (Å²) in [7, 11) is -4.00. The maximum absolute atomic E-state index is 12.3. The summed E-state index contributed by atoms with van der Waals surface area (Å²) in [4.78, 5) is 107. The number of hydrogen-bond donors (Lipinski definition) is 6. The number of amides is 3. The number of aromatic nitrogens is 12. The van der Waals surface area contributed by atoms with E-state index in [0.717, 1.165) is 16.4 Å². The van der Waals surface area contributed by atoms with E-state index in [0.29, 0.717) is 44.3 Å². The Balaban J connectivity index is 0.000000184. The van der Waals surface area contributed by atoms with Gasteiger partial charge in [-0.05, 0) is 132 Å². The molecule has 104 heavy (non-hydrogen) atoms. The number of imidazole rings is 3. The molecule has 0 bridgehead atoms. The number of aromatic amines is 1. The van der Waals surface area contributed by atoms with Gasteiger partial charge >= 0.3 is 0 Å². The first kappa shape index (κ1) is 80.4. The standard InChI is InChI=1S/C27H37IN6O6Si.C20H21IN6O7.C19H31N5O4Si/c1-9-20-21(40-41(7,8)27(4,5)6)13-22(39-20)33-14-29-23-24(33)31-26(30-16(3)35)32-25(23)38-15(2)18-11-10-17(28)12-19(18)34(36)37;1-9(12-4-3-11(21)5-13(12)27(31)32)33-19-17-18(24-20(25-19)23-10(2)29)26(8-22-17)16-6-14(30)15(7-28)34-16;1-8-12-13(28-29(6,7)19(3,4)5)9-14(27-12)24-10-20-15-16(24)22-18(21-11(2)25)23-17(15)26/h10-12,14-15,20-22H,9,13H2,1-8H3,(H,30,31,32,35);3-5,8-9,14-16,28,30H,6-7H2,1-2H3,(H,23,24,25,29);10,12-14H,8-9H2,1-7H3,(H2,21,22,23,25,26)/t15?,20-,21-,22-;9?,14-,15-,16-;12-,13-,14-/m111/s1. The number of hydrogen-bond acceptors (Lipinski definition) is 25. The predicted octanol–water partition coefficient (Wildman–Crippen LogP) is 11.8. The Morgan fingerprint density at radius 1 is 0.625 bits per heavy atom. The van der Waals surface area contributed by atoms with E-state index in [2.05, 4.69) is 142 Å². The van der Waals surface area contributed by atoms with Gasteiger partial charge in [-0.15, -0.1) is 0 Å². The zero-order chi connectivity index (χ0) is 76.4. The van der Waals surface area contributed by atoms with E-state index in [4.69, 9.17) is 32.5 Å². The van der Waals surface area contributed by atoms with Crippen molar-refractivity contribution in [1.29, 1.82) is 0 Å². The van der Waals surface area contributed by atoms with Gasteiger partial charge in [0.2, 0.25) is 47.3 Å². The quantitative estimate of drug-likeness (QED) is 0.0168. The van der Waals surface area contributed by atoms with E-state index in [9.17, 15) is 49.6 Å². The van der Waals surface area contributed by atoms with Crippen LogP contribution >= 0.6 is 45.2 Å². The minimum absolute atomic E-state index is 0.00472. The molecular weight excluding hydrogens is 1610 g/mol. The third kappa shape index (κ3) is 18.4. The highest BCUT2D eigenvalue weighted by molar-refractivity contribution is 14.1. The maximum atomic E-state index is 12.3. The highest BCUT2D eigenvalue weighted by Gasteiger charge is 2.47. The average Bonchev–Trinajstić information content (AvgIpc) is 1.61. The normalized spacial score (nSPS) is 21.2. The molecular formula is C66H89I2N17O17Si2. The largest absolute Gasteiger partial charge is 0.468 e. The lowest BCUT2D eigenvalue weighted by Gasteiger charge is -2.39. The van der Waals surface area contributed by atoms with Gasteiger partial charge < -0.3 is 42.7 Å². The van der Waals surface area contributed by atoms with Crippen LogP contribution in [0.4, 0.5) is 29.2 Å². The summed E-state index contributed by atoms with van der Waals surface area (Å²) in [6, 6.07) is 9.72. The second-order valence-corrected chi connectivity index (χ2v) is 40.6. The van der Waals surface area contributed by atoms with Crippen molar-refractivity contribution in [3.63, 3.8) is 0 Å². The van der Waals surface area contributed by atoms with E-state index in [1.165, 1.54) is 39.2 Å². The molecule has 0 spiro atoms. The van der Waals surface area contributed by atoms with Crippen LogP contribution in [0.1, 0.15) is 164 Å². The summed E-state index contributed by atoms with van der Waals surface area (Å²) in [5.41, 5.74) is 2.02. The lowest BCUT2D eigenvalue weighted by atomic mass is 10.1. The number of nitro groups is 2. The van der Waals surface area contributed by atoms with Gasteiger partial charge in [-0.2, -0.15) is 24.9 Å². The number of benzene rings is 2. The first-order valence-corrected chi connectivity index (χ1v) is 41.8. The number of fused-ring (bicyclic) bond motifs is 3. The lowest BCUT2D eigenvalue weighted by Crippen LogP contribution is -2.45. The zero-order valence-corrected chi connectivity index (χ0v) is 67.2. The second kappa shape index (κ2) is 32.6. The number of carbonyl (C=O) groups excluding carboxylic acids is 3. The van der Waals surface area contributed by atoms with Crippen LogP contribution in [-0.2, 0) is 37.4 Å². The number of halogens is 2. The summed E-state index contributed by atoms with van der Waals surface area (Å²) >= 11 is 4.02. The SMILES string of the molecule is CC(=O)Nc1nc(OC(C)c2ccc(I)cc2[N+](=O)[O-])c2ncn([C@H]3C[C@@H](O)[C@@H](CO)O3)c2n1.CC[C@H]1O[C@@H](n2cnc3c(=O)[nH]c(NC(C)=O)nc32)C[C@H]1O[Si](C)(C)C(C)(C)C.CC[C@H]1O[C@@H](n2cnc3c(OC(C)c4ccc(I)cc4[N+](=O)[O-])nc(NC(C)=O)nc32)C[C@H]1O[Si](C)(C)C(C)(C)C. The lowest BCUT2D eigenvalue weighted by molar-refractivity contribution is -0.386. The van der Waals surface area contributed by atoms with Gasteiger partial charge in [0.15, 0.2) is 50.1 Å². The highest BCUT2D eigenvalue weighted by atomic mass is 127. The fraction of sp³-hybridized carbons (Fsp3) is 0.545. The molecule has 3 amide bonds. The van der Waals surface area contributed by atoms with Gasteiger partial charge in [0.25, 0.3) is 16.9 Å². The number of aliphatic hydroxyl groups is 2. The van der Waals surface area contributed by atoms with Gasteiger partial charge in [0, 0.05) is 59.3 Å². The van der Waals surface area contributed by atoms with Crippen molar-refractivity contribution in [2.45, 2.75) is 226 Å². The number of H-pyrrole nitrogens is 1. The molecule has 562 valence electrons. The molecule has 8 aromatic rings. The zero-order valence-electron chi connectivity index (χ0n) is 60.9. The number of nitrogens with one attached hydrogen (secondary N) is 4. The van der Waals surface area contributed by atoms with Crippen molar-refractivity contribution in [1.82, 2.24) is 58.6 Å². The topological polar surface area (TPSA) is 429 Å². The second-order valence-electron chi connectivity index (χ2n) is 28.6. The molecule has 6 N–H and O–H groups in total. The van der Waals surface area contributed by atoms with E-state index in [1.807, 2.05) is 49.7 Å². The first-order chi connectivity index (χ1) is 48.7. The molecule has 3 aliphatic heterocycles. The van der Waals surface area contributed by atoms with E-state index in [1.54, 1.807) is 59.9 Å². The number of aliphatic hydroxyl groups excluding tert-OH is 2. The molecule has 11 atom stereocenters. The summed E-state index contributed by atoms with van der Waals surface area (Å²) < 4.78 is 50.5. The molecule has 3 aliphatic rings. The van der Waals surface area contributed by atoms with E-state index < -0.39 is 74.8 Å². The van der Waals surface area contributed by atoms with Crippen LogP contribution in [0.15, 0.2) is 60.2 Å². The van der Waals surface area contributed by atoms with Crippen molar-refractivity contribution in [2.24, 2.45) is 0 Å². The van der Waals surface area contributed by atoms with Gasteiger partial charge in [0.1, 0.15) is 37.0 Å². The molecule has 34 nitrogen and oxygen atoms in total. The molecule has 11 rings (SSSR count). The van der Waals surface area contributed by atoms with Crippen molar-refractivity contribution in [3.8, 4) is 11.8 Å². The average molecular weight is 1700 g/mol. The van der Waals surface area contributed by atoms with Gasteiger partial charge in [-0.3, -0.25) is 74.0 Å². The third-order valence-electron chi connectivity index (χ3n) is 18.9. The van der Waals surface area contributed by atoms with Crippen LogP contribution < -0.4 is 31.0 Å². The number of rotatable bonds is 21. The molecule has 6 aromatic heterocycles. The molecule has 9 heterocycles. The van der Waals surface area contributed by atoms with Crippen LogP contribution in [0.3, 0.4) is 0 Å². The van der Waals surface area contributed by atoms with E-state index >= 15 is 0 Å². The van der Waals surface area contributed by atoms with Crippen LogP contribution in [0, 0.1) is 27.4 Å². The van der Waals surface area contributed by atoms with Crippen LogP contribution in [0.5, 0.6) is 11.8 Å². The Hall–Kier alpha value is -7.69. The highest BCUT2D eigenvalue weighted by Crippen LogP contribution is 2.45. The summed E-state index contributed by atoms with van der Waals surface area (Å²) in [6.07, 6.45) is 2.88. The third-order valence-corrected chi connectivity index (χ3v) is 29.2. The Morgan fingerprint density at radius 2 is 1.00 bits per heavy atom. The van der Waals surface area contributed by atoms with Crippen LogP contribution in [-0.4, -0.2) is 156 Å². The molecule has 3 fully saturated rings. The monoisotopic (exact) mass is 1700 g/mol. The van der Waals surface area contributed by atoms with Crippen molar-refractivity contribution < 1.29 is 67.0 Å². The smallest absolute Gasteiger partial charge is 0.280 e. The van der Waals surface area contributed by atoms with Gasteiger partial charge in [-0.25, -0.2) is 15.0 Å². The number of nitrogens with zero attached hydrogens (tertiary/aromatic N) is 13. The molecule has 3 saturated heterocycles. The molecule has 2 aromatic carbocycles. The van der Waals surface area contributed by atoms with Crippen molar-refractivity contribution >= 4 is 142 Å². The Kier molecular flexibility index (Phi) is 25.2. The summed E-state index contributed by atoms with van der Waals surface area (Å²) in [5, 5.41) is 50.6. The number of nitro benzene ring substituents is 2. The number of ether oxygens (including phenoxy) is 5. The molecule has 38 heteroatoms. The summed E-state index contributed by atoms with van der Waals surface area (Å²) in [5.74, 6) is -0.912. The van der Waals surface area contributed by atoms with Crippen LogP contribution in [0.2, 0.25) is 36.3 Å².